The summed E-state index contributed by atoms with van der Waals surface area (Å²) in [5.41, 5.74) is 0. The minimum Gasteiger partial charge on any atom is -0.497 e. The van der Waals surface area contributed by atoms with E-state index in [1.165, 1.54) is 0 Å². The molecular formula is C17H24N2O5. The molecule has 0 saturated carbocycles. The van der Waals surface area contributed by atoms with E-state index in [9.17, 15) is 9.59 Å². The Morgan fingerprint density at radius 3 is 2.50 bits per heavy atom. The van der Waals surface area contributed by atoms with Crippen LogP contribution in [-0.4, -0.2) is 73.2 Å². The Bertz CT molecular complexity index is 556. The van der Waals surface area contributed by atoms with Gasteiger partial charge in [0.25, 0.3) is 0 Å². The summed E-state index contributed by atoms with van der Waals surface area (Å²) in [5.74, 6) is 0.677. The SMILES string of the molecule is COc1cccc(OCCC(=O)N2CCN(CCC(=O)O)CC2)c1. The lowest BCUT2D eigenvalue weighted by Gasteiger charge is -2.34. The number of methoxy groups -OCH3 is 1. The maximum absolute atomic E-state index is 12.2. The maximum Gasteiger partial charge on any atom is 0.304 e. The van der Waals surface area contributed by atoms with Crippen LogP contribution in [0.25, 0.3) is 0 Å². The summed E-state index contributed by atoms with van der Waals surface area (Å²) in [7, 11) is 1.60. The Balaban J connectivity index is 1.67. The first kappa shape index (κ1) is 18.1. The van der Waals surface area contributed by atoms with Crippen molar-refractivity contribution in [2.45, 2.75) is 12.8 Å². The van der Waals surface area contributed by atoms with Crippen molar-refractivity contribution in [3.8, 4) is 11.5 Å². The van der Waals surface area contributed by atoms with Crippen molar-refractivity contribution in [2.24, 2.45) is 0 Å². The van der Waals surface area contributed by atoms with Crippen LogP contribution < -0.4 is 9.47 Å². The number of piperazine rings is 1. The summed E-state index contributed by atoms with van der Waals surface area (Å²) in [4.78, 5) is 26.7. The van der Waals surface area contributed by atoms with Crippen molar-refractivity contribution in [3.63, 3.8) is 0 Å². The van der Waals surface area contributed by atoms with E-state index in [0.29, 0.717) is 38.4 Å². The first-order chi connectivity index (χ1) is 11.6. The van der Waals surface area contributed by atoms with Crippen LogP contribution in [0.4, 0.5) is 0 Å². The number of carbonyl (C=O) groups is 2. The van der Waals surface area contributed by atoms with Gasteiger partial charge >= 0.3 is 5.97 Å². The molecular weight excluding hydrogens is 312 g/mol. The smallest absolute Gasteiger partial charge is 0.304 e. The van der Waals surface area contributed by atoms with E-state index in [1.807, 2.05) is 23.1 Å². The molecule has 1 saturated heterocycles. The Labute approximate surface area is 141 Å². The van der Waals surface area contributed by atoms with Crippen LogP contribution in [0.5, 0.6) is 11.5 Å². The zero-order valence-electron chi connectivity index (χ0n) is 13.9. The molecule has 0 aliphatic carbocycles. The van der Waals surface area contributed by atoms with Crippen LogP contribution in [0.15, 0.2) is 24.3 Å². The predicted octanol–water partition coefficient (Wildman–Crippen LogP) is 1.08. The van der Waals surface area contributed by atoms with E-state index in [2.05, 4.69) is 4.90 Å². The third-order valence-electron chi connectivity index (χ3n) is 3.99. The van der Waals surface area contributed by atoms with Gasteiger partial charge in [-0.25, -0.2) is 0 Å². The Hall–Kier alpha value is -2.28. The van der Waals surface area contributed by atoms with Gasteiger partial charge in [0.05, 0.1) is 26.6 Å². The van der Waals surface area contributed by atoms with Crippen molar-refractivity contribution in [3.05, 3.63) is 24.3 Å². The number of carboxylic acid groups (broad SMARTS) is 1. The molecule has 1 fully saturated rings. The van der Waals surface area contributed by atoms with Crippen molar-refractivity contribution >= 4 is 11.9 Å². The van der Waals surface area contributed by atoms with E-state index < -0.39 is 5.97 Å². The van der Waals surface area contributed by atoms with Gasteiger partial charge in [0.15, 0.2) is 0 Å². The molecule has 7 heteroatoms. The molecule has 1 amide bonds. The van der Waals surface area contributed by atoms with Gasteiger partial charge in [0, 0.05) is 38.8 Å². The molecule has 2 rings (SSSR count). The Morgan fingerprint density at radius 2 is 1.83 bits per heavy atom. The van der Waals surface area contributed by atoms with Gasteiger partial charge < -0.3 is 19.5 Å². The molecule has 0 atom stereocenters. The highest BCUT2D eigenvalue weighted by atomic mass is 16.5. The normalized spacial score (nSPS) is 15.1. The number of carboxylic acids is 1. The number of nitrogens with zero attached hydrogens (tertiary/aromatic N) is 2. The first-order valence-corrected chi connectivity index (χ1v) is 8.07. The molecule has 0 bridgehead atoms. The molecule has 1 heterocycles. The third kappa shape index (κ3) is 5.73. The topological polar surface area (TPSA) is 79.3 Å². The van der Waals surface area contributed by atoms with Gasteiger partial charge in [-0.3, -0.25) is 14.5 Å². The van der Waals surface area contributed by atoms with Gasteiger partial charge in [0.2, 0.25) is 5.91 Å². The molecule has 1 N–H and O–H groups in total. The molecule has 24 heavy (non-hydrogen) atoms. The van der Waals surface area contributed by atoms with E-state index in [1.54, 1.807) is 13.2 Å². The van der Waals surface area contributed by atoms with Crippen LogP contribution >= 0.6 is 0 Å². The summed E-state index contributed by atoms with van der Waals surface area (Å²) in [5, 5.41) is 8.70. The summed E-state index contributed by atoms with van der Waals surface area (Å²) in [6, 6.07) is 7.29. The summed E-state index contributed by atoms with van der Waals surface area (Å²) < 4.78 is 10.7. The number of rotatable bonds is 8. The lowest BCUT2D eigenvalue weighted by Crippen LogP contribution is -2.49. The molecule has 1 aliphatic rings. The van der Waals surface area contributed by atoms with Crippen molar-refractivity contribution in [1.29, 1.82) is 0 Å². The molecule has 7 nitrogen and oxygen atoms in total. The Kier molecular flexibility index (Phi) is 6.87. The van der Waals surface area contributed by atoms with Gasteiger partial charge in [-0.05, 0) is 12.1 Å². The van der Waals surface area contributed by atoms with Gasteiger partial charge in [0.1, 0.15) is 11.5 Å². The van der Waals surface area contributed by atoms with E-state index in [-0.39, 0.29) is 12.3 Å². The molecule has 1 aromatic carbocycles. The standard InChI is InChI=1S/C17H24N2O5/c1-23-14-3-2-4-15(13-14)24-12-6-16(20)19-10-8-18(9-11-19)7-5-17(21)22/h2-4,13H,5-12H2,1H3,(H,21,22). The lowest BCUT2D eigenvalue weighted by molar-refractivity contribution is -0.138. The zero-order valence-corrected chi connectivity index (χ0v) is 13.9. The fraction of sp³-hybridized carbons (Fsp3) is 0.529. The fourth-order valence-corrected chi connectivity index (χ4v) is 2.58. The predicted molar refractivity (Wildman–Crippen MR) is 88.4 cm³/mol. The fourth-order valence-electron chi connectivity index (χ4n) is 2.58. The van der Waals surface area contributed by atoms with Crippen molar-refractivity contribution in [1.82, 2.24) is 9.80 Å². The molecule has 1 aliphatic heterocycles. The van der Waals surface area contributed by atoms with Crippen molar-refractivity contribution in [2.75, 3.05) is 46.4 Å². The van der Waals surface area contributed by atoms with E-state index >= 15 is 0 Å². The summed E-state index contributed by atoms with van der Waals surface area (Å²) in [6.45, 7) is 3.57. The van der Waals surface area contributed by atoms with Gasteiger partial charge in [-0.15, -0.1) is 0 Å². The van der Waals surface area contributed by atoms with Gasteiger partial charge in [-0.2, -0.15) is 0 Å². The number of hydrogen-bond donors (Lipinski definition) is 1. The molecule has 132 valence electrons. The second kappa shape index (κ2) is 9.12. The average Bonchev–Trinajstić information content (AvgIpc) is 2.60. The van der Waals surface area contributed by atoms with E-state index in [0.717, 1.165) is 18.8 Å². The minimum atomic E-state index is -0.789. The van der Waals surface area contributed by atoms with Crippen molar-refractivity contribution < 1.29 is 24.2 Å². The maximum atomic E-state index is 12.2. The number of aliphatic carboxylic acids is 1. The van der Waals surface area contributed by atoms with Crippen LogP contribution in [0, 0.1) is 0 Å². The summed E-state index contributed by atoms with van der Waals surface area (Å²) >= 11 is 0. The highest BCUT2D eigenvalue weighted by molar-refractivity contribution is 5.76. The third-order valence-corrected chi connectivity index (χ3v) is 3.99. The van der Waals surface area contributed by atoms with Crippen LogP contribution in [0.1, 0.15) is 12.8 Å². The lowest BCUT2D eigenvalue weighted by atomic mass is 10.2. The number of benzene rings is 1. The number of ether oxygens (including phenoxy) is 2. The average molecular weight is 336 g/mol. The molecule has 1 aromatic rings. The summed E-state index contributed by atoms with van der Waals surface area (Å²) in [6.07, 6.45) is 0.467. The van der Waals surface area contributed by atoms with Crippen LogP contribution in [0.3, 0.4) is 0 Å². The highest BCUT2D eigenvalue weighted by Gasteiger charge is 2.21. The second-order valence-corrected chi connectivity index (χ2v) is 5.64. The molecule has 0 radical (unpaired) electrons. The first-order valence-electron chi connectivity index (χ1n) is 8.07. The number of amides is 1. The monoisotopic (exact) mass is 336 g/mol. The molecule has 0 unspecified atom stereocenters. The van der Waals surface area contributed by atoms with Gasteiger partial charge in [-0.1, -0.05) is 6.07 Å². The van der Waals surface area contributed by atoms with E-state index in [4.69, 9.17) is 14.6 Å². The largest absolute Gasteiger partial charge is 0.497 e. The molecule has 0 aromatic heterocycles. The van der Waals surface area contributed by atoms with Crippen LogP contribution in [0.2, 0.25) is 0 Å². The number of hydrogen-bond acceptors (Lipinski definition) is 5. The zero-order chi connectivity index (χ0) is 17.4. The quantitative estimate of drug-likeness (QED) is 0.765. The highest BCUT2D eigenvalue weighted by Crippen LogP contribution is 2.19. The number of carbonyl (C=O) groups excluding carboxylic acids is 1. The van der Waals surface area contributed by atoms with Crippen LogP contribution in [-0.2, 0) is 9.59 Å². The molecule has 0 spiro atoms. The second-order valence-electron chi connectivity index (χ2n) is 5.64. The Morgan fingerprint density at radius 1 is 1.12 bits per heavy atom. The minimum absolute atomic E-state index is 0.0655.